The van der Waals surface area contributed by atoms with E-state index >= 15 is 0 Å². The highest BCUT2D eigenvalue weighted by atomic mass is 15.2. The third kappa shape index (κ3) is 6.42. The average molecular weight is 240 g/mol. The van der Waals surface area contributed by atoms with E-state index in [0.29, 0.717) is 0 Å². The van der Waals surface area contributed by atoms with Crippen LogP contribution < -0.4 is 5.32 Å². The first kappa shape index (κ1) is 15.0. The van der Waals surface area contributed by atoms with Crippen LogP contribution >= 0.6 is 0 Å². The van der Waals surface area contributed by atoms with Crippen LogP contribution in [0.2, 0.25) is 0 Å². The maximum Gasteiger partial charge on any atom is 0.0198 e. The van der Waals surface area contributed by atoms with E-state index in [2.05, 4.69) is 44.8 Å². The van der Waals surface area contributed by atoms with Gasteiger partial charge in [0.05, 0.1) is 0 Å². The topological polar surface area (TPSA) is 15.3 Å². The molecule has 2 atom stereocenters. The zero-order chi connectivity index (χ0) is 12.8. The summed E-state index contributed by atoms with van der Waals surface area (Å²) in [5.41, 5.74) is 0. The molecule has 2 unspecified atom stereocenters. The van der Waals surface area contributed by atoms with Crippen LogP contribution in [0.1, 0.15) is 47.5 Å². The van der Waals surface area contributed by atoms with E-state index in [4.69, 9.17) is 0 Å². The number of rotatable bonds is 6. The van der Waals surface area contributed by atoms with Gasteiger partial charge in [0, 0.05) is 32.2 Å². The lowest BCUT2D eigenvalue weighted by Crippen LogP contribution is -2.52. The van der Waals surface area contributed by atoms with Gasteiger partial charge < -0.3 is 10.2 Å². The molecule has 0 aromatic heterocycles. The number of nitrogens with one attached hydrogen (secondary N) is 1. The lowest BCUT2D eigenvalue weighted by molar-refractivity contribution is 0.160. The average Bonchev–Trinajstić information content (AvgIpc) is 2.14. The molecule has 1 aliphatic heterocycles. The van der Waals surface area contributed by atoms with Gasteiger partial charge in [-0.2, -0.15) is 0 Å². The Hall–Kier alpha value is -0.0800. The van der Waals surface area contributed by atoms with Gasteiger partial charge in [-0.05, 0) is 30.6 Å². The summed E-state index contributed by atoms with van der Waals surface area (Å²) in [7, 11) is 0. The molecule has 2 heteroatoms. The van der Waals surface area contributed by atoms with E-state index in [1.54, 1.807) is 0 Å². The quantitative estimate of drug-likeness (QED) is 0.768. The van der Waals surface area contributed by atoms with Crippen molar-refractivity contribution in [2.45, 2.75) is 53.5 Å². The Balaban J connectivity index is 2.29. The molecular formula is C15H32N2. The van der Waals surface area contributed by atoms with E-state index < -0.39 is 0 Å². The number of piperazine rings is 1. The summed E-state index contributed by atoms with van der Waals surface area (Å²) >= 11 is 0. The van der Waals surface area contributed by atoms with Crippen molar-refractivity contribution in [3.05, 3.63) is 0 Å². The van der Waals surface area contributed by atoms with Crippen molar-refractivity contribution >= 4 is 0 Å². The van der Waals surface area contributed by atoms with Crippen LogP contribution in [0.15, 0.2) is 0 Å². The van der Waals surface area contributed by atoms with Crippen LogP contribution in [0.5, 0.6) is 0 Å². The zero-order valence-corrected chi connectivity index (χ0v) is 12.5. The number of hydrogen-bond donors (Lipinski definition) is 1. The van der Waals surface area contributed by atoms with Gasteiger partial charge in [0.2, 0.25) is 0 Å². The molecule has 1 N–H and O–H groups in total. The standard InChI is InChI=1S/C15H32N2/c1-12(2)8-14(5)10-17-7-6-16-15(11-17)9-13(3)4/h12-16H,6-11H2,1-5H3. The zero-order valence-electron chi connectivity index (χ0n) is 12.5. The molecule has 0 radical (unpaired) electrons. The normalized spacial score (nSPS) is 24.5. The molecule has 1 fully saturated rings. The molecule has 0 amide bonds. The molecule has 0 bridgehead atoms. The van der Waals surface area contributed by atoms with Crippen molar-refractivity contribution in [2.24, 2.45) is 17.8 Å². The smallest absolute Gasteiger partial charge is 0.0198 e. The van der Waals surface area contributed by atoms with Crippen LogP contribution in [0.25, 0.3) is 0 Å². The summed E-state index contributed by atoms with van der Waals surface area (Å²) in [5, 5.41) is 3.65. The molecule has 1 heterocycles. The highest BCUT2D eigenvalue weighted by molar-refractivity contribution is 4.80. The summed E-state index contributed by atoms with van der Waals surface area (Å²) in [6.45, 7) is 16.6. The highest BCUT2D eigenvalue weighted by Crippen LogP contribution is 2.15. The SMILES string of the molecule is CC(C)CC(C)CN1CCNC(CC(C)C)C1. The maximum absolute atomic E-state index is 3.65. The molecule has 1 aliphatic rings. The van der Waals surface area contributed by atoms with Gasteiger partial charge in [-0.15, -0.1) is 0 Å². The molecule has 0 aromatic carbocycles. The van der Waals surface area contributed by atoms with Crippen molar-refractivity contribution in [3.8, 4) is 0 Å². The van der Waals surface area contributed by atoms with Gasteiger partial charge in [0.25, 0.3) is 0 Å². The third-order valence-electron chi connectivity index (χ3n) is 3.54. The van der Waals surface area contributed by atoms with E-state index in [-0.39, 0.29) is 0 Å². The van der Waals surface area contributed by atoms with Crippen molar-refractivity contribution < 1.29 is 0 Å². The lowest BCUT2D eigenvalue weighted by Gasteiger charge is -2.36. The second-order valence-corrected chi connectivity index (χ2v) is 6.77. The van der Waals surface area contributed by atoms with Gasteiger partial charge in [-0.1, -0.05) is 34.6 Å². The summed E-state index contributed by atoms with van der Waals surface area (Å²) in [5.74, 6) is 2.48. The molecule has 0 spiro atoms. The fraction of sp³-hybridized carbons (Fsp3) is 1.00. The van der Waals surface area contributed by atoms with Crippen LogP contribution in [-0.2, 0) is 0 Å². The number of hydrogen-bond acceptors (Lipinski definition) is 2. The van der Waals surface area contributed by atoms with E-state index in [0.717, 1.165) is 23.8 Å². The summed E-state index contributed by atoms with van der Waals surface area (Å²) in [4.78, 5) is 2.66. The van der Waals surface area contributed by atoms with Crippen LogP contribution in [0, 0.1) is 17.8 Å². The van der Waals surface area contributed by atoms with Gasteiger partial charge in [-0.3, -0.25) is 0 Å². The molecule has 1 saturated heterocycles. The second kappa shape index (κ2) is 7.38. The summed E-state index contributed by atoms with van der Waals surface area (Å²) in [6.07, 6.45) is 2.67. The van der Waals surface area contributed by atoms with Crippen molar-refractivity contribution in [1.82, 2.24) is 10.2 Å². The molecule has 1 rings (SSSR count). The van der Waals surface area contributed by atoms with Gasteiger partial charge >= 0.3 is 0 Å². The largest absolute Gasteiger partial charge is 0.311 e. The Kier molecular flexibility index (Phi) is 6.50. The van der Waals surface area contributed by atoms with Crippen molar-refractivity contribution in [1.29, 1.82) is 0 Å². The Morgan fingerprint density at radius 2 is 1.82 bits per heavy atom. The predicted octanol–water partition coefficient (Wildman–Crippen LogP) is 2.99. The molecule has 0 saturated carbocycles. The first-order chi connectivity index (χ1) is 7.97. The molecular weight excluding hydrogens is 208 g/mol. The third-order valence-corrected chi connectivity index (χ3v) is 3.54. The van der Waals surface area contributed by atoms with Gasteiger partial charge in [0.1, 0.15) is 0 Å². The molecule has 0 aromatic rings. The number of nitrogens with zero attached hydrogens (tertiary/aromatic N) is 1. The molecule has 2 nitrogen and oxygen atoms in total. The monoisotopic (exact) mass is 240 g/mol. The summed E-state index contributed by atoms with van der Waals surface area (Å²) < 4.78 is 0. The maximum atomic E-state index is 3.65. The van der Waals surface area contributed by atoms with E-state index in [1.807, 2.05) is 0 Å². The molecule has 17 heavy (non-hydrogen) atoms. The van der Waals surface area contributed by atoms with Crippen LogP contribution in [-0.4, -0.2) is 37.1 Å². The van der Waals surface area contributed by atoms with Crippen molar-refractivity contribution in [3.63, 3.8) is 0 Å². The predicted molar refractivity (Wildman–Crippen MR) is 76.3 cm³/mol. The van der Waals surface area contributed by atoms with E-state index in [9.17, 15) is 0 Å². The molecule has 102 valence electrons. The minimum Gasteiger partial charge on any atom is -0.311 e. The fourth-order valence-electron chi connectivity index (χ4n) is 3.11. The van der Waals surface area contributed by atoms with E-state index in [1.165, 1.54) is 39.0 Å². The fourth-order valence-corrected chi connectivity index (χ4v) is 3.11. The lowest BCUT2D eigenvalue weighted by atomic mass is 9.97. The second-order valence-electron chi connectivity index (χ2n) is 6.77. The first-order valence-electron chi connectivity index (χ1n) is 7.43. The van der Waals surface area contributed by atoms with Crippen LogP contribution in [0.3, 0.4) is 0 Å². The Bertz CT molecular complexity index is 199. The van der Waals surface area contributed by atoms with Crippen molar-refractivity contribution in [2.75, 3.05) is 26.2 Å². The first-order valence-corrected chi connectivity index (χ1v) is 7.43. The Morgan fingerprint density at radius 1 is 1.12 bits per heavy atom. The van der Waals surface area contributed by atoms with Gasteiger partial charge in [-0.25, -0.2) is 0 Å². The molecule has 0 aliphatic carbocycles. The van der Waals surface area contributed by atoms with Crippen LogP contribution in [0.4, 0.5) is 0 Å². The minimum absolute atomic E-state index is 0.718. The minimum atomic E-state index is 0.718. The summed E-state index contributed by atoms with van der Waals surface area (Å²) in [6, 6.07) is 0.718. The highest BCUT2D eigenvalue weighted by Gasteiger charge is 2.21. The Morgan fingerprint density at radius 3 is 2.41 bits per heavy atom. The van der Waals surface area contributed by atoms with Gasteiger partial charge in [0.15, 0.2) is 0 Å². The Labute approximate surface area is 108 Å².